The highest BCUT2D eigenvalue weighted by molar-refractivity contribution is 6.00. The summed E-state index contributed by atoms with van der Waals surface area (Å²) in [6.07, 6.45) is 1.16. The number of hydrogen-bond donors (Lipinski definition) is 0. The highest BCUT2D eigenvalue weighted by Crippen LogP contribution is 2.37. The normalized spacial score (nSPS) is 17.9. The number of piperidine rings is 1. The molecule has 0 N–H and O–H groups in total. The molecular weight excluding hydrogens is 502 g/mol. The van der Waals surface area contributed by atoms with Crippen LogP contribution in [0.5, 0.6) is 0 Å². The van der Waals surface area contributed by atoms with Gasteiger partial charge in [0.2, 0.25) is 0 Å². The number of unbranched alkanes of at least 4 members (excludes halogenated alkanes) is 1. The van der Waals surface area contributed by atoms with Crippen molar-refractivity contribution in [3.05, 3.63) is 65.0 Å². The monoisotopic (exact) mass is 542 g/mol. The van der Waals surface area contributed by atoms with E-state index in [0.29, 0.717) is 24.1 Å². The minimum absolute atomic E-state index is 0.101. The SMILES string of the molecule is CCC(=O)c1cc(C(=O)CCCCC2CCN(C(=O)OC(C)(C)C)CC2(F)F)cc([C@@H](C)c2ccccc2)n1. The van der Waals surface area contributed by atoms with E-state index in [9.17, 15) is 23.2 Å². The number of carbonyl (C=O) groups is 3. The van der Waals surface area contributed by atoms with Gasteiger partial charge in [0, 0.05) is 42.5 Å². The van der Waals surface area contributed by atoms with Crippen LogP contribution in [-0.4, -0.2) is 52.2 Å². The van der Waals surface area contributed by atoms with Crippen molar-refractivity contribution in [1.29, 1.82) is 0 Å². The molecule has 2 aromatic rings. The second-order valence-corrected chi connectivity index (χ2v) is 11.4. The van der Waals surface area contributed by atoms with Crippen molar-refractivity contribution >= 4 is 17.7 Å². The fourth-order valence-corrected chi connectivity index (χ4v) is 4.82. The molecule has 1 aromatic heterocycles. The van der Waals surface area contributed by atoms with Crippen LogP contribution in [0.1, 0.15) is 111 Å². The second-order valence-electron chi connectivity index (χ2n) is 11.4. The van der Waals surface area contributed by atoms with Crippen molar-refractivity contribution in [2.75, 3.05) is 13.1 Å². The fraction of sp³-hybridized carbons (Fsp3) is 0.548. The van der Waals surface area contributed by atoms with Crippen molar-refractivity contribution in [2.24, 2.45) is 5.92 Å². The van der Waals surface area contributed by atoms with E-state index < -0.39 is 30.1 Å². The lowest BCUT2D eigenvalue weighted by atomic mass is 9.87. The fourth-order valence-electron chi connectivity index (χ4n) is 4.82. The average Bonchev–Trinajstić information content (AvgIpc) is 2.89. The first-order valence-corrected chi connectivity index (χ1v) is 13.8. The van der Waals surface area contributed by atoms with Gasteiger partial charge in [0.25, 0.3) is 5.92 Å². The number of pyridine rings is 1. The minimum atomic E-state index is -3.01. The van der Waals surface area contributed by atoms with E-state index >= 15 is 0 Å². The predicted octanol–water partition coefficient (Wildman–Crippen LogP) is 7.46. The summed E-state index contributed by atoms with van der Waals surface area (Å²) < 4.78 is 34.9. The number of alkyl halides is 2. The van der Waals surface area contributed by atoms with Gasteiger partial charge in [0.15, 0.2) is 11.6 Å². The minimum Gasteiger partial charge on any atom is -0.444 e. The van der Waals surface area contributed by atoms with Crippen LogP contribution in [0.25, 0.3) is 0 Å². The van der Waals surface area contributed by atoms with Gasteiger partial charge in [0.05, 0.1) is 6.54 Å². The van der Waals surface area contributed by atoms with Gasteiger partial charge in [0.1, 0.15) is 11.3 Å². The highest BCUT2D eigenvalue weighted by atomic mass is 19.3. The Hall–Kier alpha value is -3.16. The smallest absolute Gasteiger partial charge is 0.410 e. The van der Waals surface area contributed by atoms with Crippen LogP contribution in [0.2, 0.25) is 0 Å². The Bertz CT molecular complexity index is 1160. The molecule has 6 nitrogen and oxygen atoms in total. The van der Waals surface area contributed by atoms with Gasteiger partial charge in [-0.3, -0.25) is 9.59 Å². The number of ketones is 2. The molecule has 1 unspecified atom stereocenters. The first-order valence-electron chi connectivity index (χ1n) is 13.8. The topological polar surface area (TPSA) is 76.6 Å². The van der Waals surface area contributed by atoms with E-state index in [1.807, 2.05) is 37.3 Å². The molecule has 0 saturated carbocycles. The molecule has 1 amide bonds. The van der Waals surface area contributed by atoms with Gasteiger partial charge in [-0.15, -0.1) is 0 Å². The molecule has 1 aliphatic rings. The summed E-state index contributed by atoms with van der Waals surface area (Å²) in [7, 11) is 0. The van der Waals surface area contributed by atoms with Crippen molar-refractivity contribution in [3.63, 3.8) is 0 Å². The lowest BCUT2D eigenvalue weighted by Gasteiger charge is -2.38. The number of Topliss-reactive ketones (excluding diaryl/α,β-unsaturated/α-hetero) is 2. The second kappa shape index (κ2) is 12.8. The summed E-state index contributed by atoms with van der Waals surface area (Å²) in [6.45, 7) is 8.43. The molecule has 0 aliphatic carbocycles. The number of halogens is 2. The molecule has 3 rings (SSSR count). The predicted molar refractivity (Wildman–Crippen MR) is 146 cm³/mol. The summed E-state index contributed by atoms with van der Waals surface area (Å²) in [5.74, 6) is -4.22. The zero-order chi connectivity index (χ0) is 28.8. The number of amides is 1. The molecule has 0 bridgehead atoms. The summed E-state index contributed by atoms with van der Waals surface area (Å²) >= 11 is 0. The van der Waals surface area contributed by atoms with E-state index in [2.05, 4.69) is 4.98 Å². The number of ether oxygens (including phenoxy) is 1. The lowest BCUT2D eigenvalue weighted by molar-refractivity contribution is -0.112. The number of aromatic nitrogens is 1. The number of hydrogen-bond acceptors (Lipinski definition) is 5. The van der Waals surface area contributed by atoms with E-state index in [4.69, 9.17) is 4.74 Å². The van der Waals surface area contributed by atoms with Crippen molar-refractivity contribution in [2.45, 2.75) is 90.6 Å². The average molecular weight is 543 g/mol. The zero-order valence-electron chi connectivity index (χ0n) is 23.6. The number of benzene rings is 1. The van der Waals surface area contributed by atoms with Gasteiger partial charge in [-0.25, -0.2) is 18.6 Å². The maximum Gasteiger partial charge on any atom is 0.410 e. The first-order chi connectivity index (χ1) is 18.3. The molecule has 1 fully saturated rings. The van der Waals surface area contributed by atoms with Gasteiger partial charge in [-0.2, -0.15) is 0 Å². The Labute approximate surface area is 230 Å². The quantitative estimate of drug-likeness (QED) is 0.230. The van der Waals surface area contributed by atoms with Crippen LogP contribution in [0.4, 0.5) is 13.6 Å². The molecule has 2 heterocycles. The van der Waals surface area contributed by atoms with Crippen LogP contribution in [0, 0.1) is 5.92 Å². The Morgan fingerprint density at radius 1 is 1.10 bits per heavy atom. The van der Waals surface area contributed by atoms with Gasteiger partial charge >= 0.3 is 6.09 Å². The third-order valence-electron chi connectivity index (χ3n) is 7.12. The first kappa shape index (κ1) is 30.4. The molecule has 1 aromatic carbocycles. The Kier molecular flexibility index (Phi) is 9.97. The third kappa shape index (κ3) is 8.41. The third-order valence-corrected chi connectivity index (χ3v) is 7.12. The Balaban J connectivity index is 1.59. The molecule has 0 spiro atoms. The summed E-state index contributed by atoms with van der Waals surface area (Å²) in [4.78, 5) is 43.4. The lowest BCUT2D eigenvalue weighted by Crippen LogP contribution is -2.51. The Morgan fingerprint density at radius 2 is 1.79 bits per heavy atom. The molecule has 212 valence electrons. The maximum atomic E-state index is 14.8. The molecule has 39 heavy (non-hydrogen) atoms. The van der Waals surface area contributed by atoms with E-state index in [1.54, 1.807) is 39.8 Å². The van der Waals surface area contributed by atoms with Crippen LogP contribution in [-0.2, 0) is 4.74 Å². The summed E-state index contributed by atoms with van der Waals surface area (Å²) in [5.41, 5.74) is 1.65. The summed E-state index contributed by atoms with van der Waals surface area (Å²) in [5, 5.41) is 0. The largest absolute Gasteiger partial charge is 0.444 e. The van der Waals surface area contributed by atoms with Crippen LogP contribution in [0.15, 0.2) is 42.5 Å². The van der Waals surface area contributed by atoms with Crippen molar-refractivity contribution < 1.29 is 27.9 Å². The summed E-state index contributed by atoms with van der Waals surface area (Å²) in [6, 6.07) is 13.1. The number of carbonyl (C=O) groups excluding carboxylic acids is 3. The Morgan fingerprint density at radius 3 is 2.41 bits per heavy atom. The highest BCUT2D eigenvalue weighted by Gasteiger charge is 2.46. The van der Waals surface area contributed by atoms with Gasteiger partial charge in [-0.05, 0) is 57.7 Å². The maximum absolute atomic E-state index is 14.8. The van der Waals surface area contributed by atoms with Gasteiger partial charge in [-0.1, -0.05) is 50.6 Å². The molecule has 1 saturated heterocycles. The zero-order valence-corrected chi connectivity index (χ0v) is 23.6. The molecule has 2 atom stereocenters. The van der Waals surface area contributed by atoms with Crippen molar-refractivity contribution in [3.8, 4) is 0 Å². The van der Waals surface area contributed by atoms with Crippen molar-refractivity contribution in [1.82, 2.24) is 9.88 Å². The molecule has 0 radical (unpaired) electrons. The molecule has 8 heteroatoms. The van der Waals surface area contributed by atoms with Crippen LogP contribution in [0.3, 0.4) is 0 Å². The van der Waals surface area contributed by atoms with E-state index in [1.165, 1.54) is 0 Å². The van der Waals surface area contributed by atoms with Crippen LogP contribution < -0.4 is 0 Å². The van der Waals surface area contributed by atoms with E-state index in [0.717, 1.165) is 10.5 Å². The van der Waals surface area contributed by atoms with Crippen LogP contribution >= 0.6 is 0 Å². The number of rotatable bonds is 10. The number of nitrogens with zero attached hydrogens (tertiary/aromatic N) is 2. The molecular formula is C31H40F2N2O4. The molecule has 1 aliphatic heterocycles. The standard InChI is InChI=1S/C31H40F2N2O4/c1-6-27(36)26-19-23(18-25(34-26)21(2)22-12-8-7-9-13-22)28(37)15-11-10-14-24-16-17-35(20-31(24,32)33)29(38)39-30(3,4)5/h7-9,12-13,18-19,21,24H,6,10-11,14-17,20H2,1-5H3/t21-,24?/m0/s1. The van der Waals surface area contributed by atoms with E-state index in [-0.39, 0.29) is 55.4 Å². The van der Waals surface area contributed by atoms with Gasteiger partial charge < -0.3 is 9.64 Å². The number of likely N-dealkylation sites (tertiary alicyclic amines) is 1.